The molecule has 3 aromatic carbocycles. The first-order valence-corrected chi connectivity index (χ1v) is 5.14. The lowest BCUT2D eigenvalue weighted by Gasteiger charge is -2.03. The summed E-state index contributed by atoms with van der Waals surface area (Å²) in [6, 6.07) is 20.4. The molecule has 15 heavy (non-hydrogen) atoms. The van der Waals surface area contributed by atoms with Crippen LogP contribution in [0.4, 0.5) is 0 Å². The third-order valence-electron chi connectivity index (χ3n) is 2.79. The van der Waals surface area contributed by atoms with Crippen molar-refractivity contribution >= 4 is 21.5 Å². The maximum Gasteiger partial charge on any atom is -0.00264 e. The fraction of sp³-hybridized carbons (Fsp3) is 0.0667. The second kappa shape index (κ2) is 3.09. The predicted octanol–water partition coefficient (Wildman–Crippen LogP) is 4.10. The first-order chi connectivity index (χ1) is 7.34. The molecule has 0 bridgehead atoms. The van der Waals surface area contributed by atoms with E-state index in [9.17, 15) is 0 Å². The largest absolute Gasteiger partial charge is 0.0616 e. The Hall–Kier alpha value is -1.82. The van der Waals surface area contributed by atoms with Gasteiger partial charge >= 0.3 is 0 Å². The Bertz CT molecular complexity index is 636. The molecule has 0 spiro atoms. The summed E-state index contributed by atoms with van der Waals surface area (Å²) in [4.78, 5) is 0. The molecule has 0 amide bonds. The maximum atomic E-state index is 3.36. The Balaban J connectivity index is 2.55. The quantitative estimate of drug-likeness (QED) is 0.469. The van der Waals surface area contributed by atoms with Crippen LogP contribution in [0.3, 0.4) is 0 Å². The van der Waals surface area contributed by atoms with E-state index in [-0.39, 0.29) is 0 Å². The van der Waals surface area contributed by atoms with Gasteiger partial charge in [0.05, 0.1) is 0 Å². The molecule has 0 unspecified atom stereocenters. The van der Waals surface area contributed by atoms with E-state index < -0.39 is 0 Å². The zero-order chi connectivity index (χ0) is 10.3. The Morgan fingerprint density at radius 3 is 2.67 bits per heavy atom. The van der Waals surface area contributed by atoms with Crippen molar-refractivity contribution in [1.82, 2.24) is 0 Å². The van der Waals surface area contributed by atoms with E-state index in [1.165, 1.54) is 27.1 Å². The summed E-state index contributed by atoms with van der Waals surface area (Å²) in [5.41, 5.74) is 1.26. The number of aryl methyl sites for hydroxylation is 1. The van der Waals surface area contributed by atoms with Crippen molar-refractivity contribution in [3.05, 3.63) is 60.2 Å². The van der Waals surface area contributed by atoms with Crippen molar-refractivity contribution in [2.45, 2.75) is 6.92 Å². The van der Waals surface area contributed by atoms with Gasteiger partial charge in [-0.05, 0) is 40.1 Å². The van der Waals surface area contributed by atoms with Gasteiger partial charge in [-0.25, -0.2) is 0 Å². The van der Waals surface area contributed by atoms with Crippen molar-refractivity contribution in [3.63, 3.8) is 0 Å². The molecule has 0 heteroatoms. The van der Waals surface area contributed by atoms with Gasteiger partial charge < -0.3 is 0 Å². The van der Waals surface area contributed by atoms with Crippen molar-refractivity contribution in [2.75, 3.05) is 0 Å². The molecule has 0 fully saturated rings. The standard InChI is InChI=1S/C15H11/c1-11-6-9-15-13(10-11)8-7-12-4-2-3-5-14(12)15/h2-8,10H,1H3. The van der Waals surface area contributed by atoms with Gasteiger partial charge in [0.2, 0.25) is 0 Å². The number of hydrogen-bond acceptors (Lipinski definition) is 0. The van der Waals surface area contributed by atoms with Crippen LogP contribution in [0.2, 0.25) is 0 Å². The summed E-state index contributed by atoms with van der Waals surface area (Å²) in [5.74, 6) is 0. The average Bonchev–Trinajstić information content (AvgIpc) is 2.28. The summed E-state index contributed by atoms with van der Waals surface area (Å²) in [6.07, 6.45) is 0. The van der Waals surface area contributed by atoms with E-state index in [1.54, 1.807) is 0 Å². The summed E-state index contributed by atoms with van der Waals surface area (Å²) < 4.78 is 0. The van der Waals surface area contributed by atoms with Crippen LogP contribution in [0.25, 0.3) is 21.5 Å². The van der Waals surface area contributed by atoms with Crippen molar-refractivity contribution in [1.29, 1.82) is 0 Å². The number of fused-ring (bicyclic) bond motifs is 3. The summed E-state index contributed by atoms with van der Waals surface area (Å²) in [7, 11) is 0. The van der Waals surface area contributed by atoms with Gasteiger partial charge in [-0.2, -0.15) is 0 Å². The lowest BCUT2D eigenvalue weighted by atomic mass is 10.0. The van der Waals surface area contributed by atoms with Crippen LogP contribution >= 0.6 is 0 Å². The van der Waals surface area contributed by atoms with E-state index in [4.69, 9.17) is 0 Å². The zero-order valence-corrected chi connectivity index (χ0v) is 8.62. The minimum Gasteiger partial charge on any atom is -0.0616 e. The summed E-state index contributed by atoms with van der Waals surface area (Å²) >= 11 is 0. The molecular weight excluding hydrogens is 180 g/mol. The monoisotopic (exact) mass is 191 g/mol. The third-order valence-corrected chi connectivity index (χ3v) is 2.79. The normalized spacial score (nSPS) is 11.0. The van der Waals surface area contributed by atoms with Gasteiger partial charge in [0.25, 0.3) is 0 Å². The molecule has 71 valence electrons. The summed E-state index contributed by atoms with van der Waals surface area (Å²) in [5, 5.41) is 5.06. The SMILES string of the molecule is Cc1c[c]c2c(ccc3ccccc32)c1. The van der Waals surface area contributed by atoms with Crippen molar-refractivity contribution in [3.8, 4) is 0 Å². The molecule has 0 saturated heterocycles. The highest BCUT2D eigenvalue weighted by molar-refractivity contribution is 6.07. The summed E-state index contributed by atoms with van der Waals surface area (Å²) in [6.45, 7) is 2.10. The second-order valence-corrected chi connectivity index (χ2v) is 3.93. The van der Waals surface area contributed by atoms with Crippen LogP contribution in [0.5, 0.6) is 0 Å². The molecular formula is C15H11. The first kappa shape index (κ1) is 8.49. The highest BCUT2D eigenvalue weighted by Crippen LogP contribution is 2.25. The van der Waals surface area contributed by atoms with E-state index in [2.05, 4.69) is 61.5 Å². The average molecular weight is 191 g/mol. The van der Waals surface area contributed by atoms with Crippen molar-refractivity contribution in [2.24, 2.45) is 0 Å². The van der Waals surface area contributed by atoms with Crippen LogP contribution in [0.1, 0.15) is 5.56 Å². The molecule has 0 aliphatic rings. The molecule has 0 aliphatic carbocycles. The highest BCUT2D eigenvalue weighted by atomic mass is 14.0. The van der Waals surface area contributed by atoms with Crippen molar-refractivity contribution < 1.29 is 0 Å². The van der Waals surface area contributed by atoms with Gasteiger partial charge in [-0.15, -0.1) is 0 Å². The fourth-order valence-corrected chi connectivity index (χ4v) is 2.04. The maximum absolute atomic E-state index is 3.36. The molecule has 0 N–H and O–H groups in total. The number of benzene rings is 3. The second-order valence-electron chi connectivity index (χ2n) is 3.93. The van der Waals surface area contributed by atoms with E-state index in [1.807, 2.05) is 0 Å². The van der Waals surface area contributed by atoms with Crippen LogP contribution in [0, 0.1) is 13.0 Å². The zero-order valence-electron chi connectivity index (χ0n) is 8.62. The molecule has 0 saturated carbocycles. The molecule has 0 nitrogen and oxygen atoms in total. The molecule has 1 radical (unpaired) electrons. The van der Waals surface area contributed by atoms with Crippen LogP contribution < -0.4 is 0 Å². The van der Waals surface area contributed by atoms with Crippen LogP contribution in [-0.2, 0) is 0 Å². The fourth-order valence-electron chi connectivity index (χ4n) is 2.04. The number of hydrogen-bond donors (Lipinski definition) is 0. The van der Waals surface area contributed by atoms with Crippen LogP contribution in [0.15, 0.2) is 48.5 Å². The van der Waals surface area contributed by atoms with Gasteiger partial charge in [0.15, 0.2) is 0 Å². The van der Waals surface area contributed by atoms with Gasteiger partial charge in [-0.1, -0.05) is 48.5 Å². The van der Waals surface area contributed by atoms with Crippen LogP contribution in [-0.4, -0.2) is 0 Å². The Kier molecular flexibility index (Phi) is 1.75. The van der Waals surface area contributed by atoms with Gasteiger partial charge in [0, 0.05) is 0 Å². The lowest BCUT2D eigenvalue weighted by molar-refractivity contribution is 1.50. The van der Waals surface area contributed by atoms with Gasteiger partial charge in [0.1, 0.15) is 0 Å². The number of rotatable bonds is 0. The molecule has 0 aliphatic heterocycles. The molecule has 3 aromatic rings. The molecule has 0 heterocycles. The minimum absolute atomic E-state index is 1.22. The predicted molar refractivity (Wildman–Crippen MR) is 65.0 cm³/mol. The van der Waals surface area contributed by atoms with E-state index >= 15 is 0 Å². The molecule has 3 rings (SSSR count). The topological polar surface area (TPSA) is 0 Å². The van der Waals surface area contributed by atoms with E-state index in [0.717, 1.165) is 0 Å². The Morgan fingerprint density at radius 2 is 1.73 bits per heavy atom. The third kappa shape index (κ3) is 1.30. The van der Waals surface area contributed by atoms with E-state index in [0.29, 0.717) is 0 Å². The highest BCUT2D eigenvalue weighted by Gasteiger charge is 1.99. The lowest BCUT2D eigenvalue weighted by Crippen LogP contribution is -1.79. The minimum atomic E-state index is 1.22. The smallest absolute Gasteiger partial charge is 0.00264 e. The first-order valence-electron chi connectivity index (χ1n) is 5.14. The van der Waals surface area contributed by atoms with Gasteiger partial charge in [-0.3, -0.25) is 0 Å². The molecule has 0 atom stereocenters. The molecule has 0 aromatic heterocycles. The Morgan fingerprint density at radius 1 is 0.933 bits per heavy atom. The Labute approximate surface area is 89.2 Å².